The summed E-state index contributed by atoms with van der Waals surface area (Å²) in [6.45, 7) is 5.79. The predicted octanol–water partition coefficient (Wildman–Crippen LogP) is 4.84. The minimum Gasteiger partial charge on any atom is -0.310 e. The van der Waals surface area contributed by atoms with E-state index in [0.29, 0.717) is 6.04 Å². The molecule has 0 aromatic carbocycles. The van der Waals surface area contributed by atoms with Gasteiger partial charge in [0.15, 0.2) is 0 Å². The first-order valence-corrected chi connectivity index (χ1v) is 8.54. The summed E-state index contributed by atoms with van der Waals surface area (Å²) in [5, 5.41) is 6.74. The van der Waals surface area contributed by atoms with Crippen LogP contribution in [0, 0.1) is 0 Å². The second-order valence-electron chi connectivity index (χ2n) is 4.89. The van der Waals surface area contributed by atoms with Crippen LogP contribution in [0.3, 0.4) is 0 Å². The van der Waals surface area contributed by atoms with Crippen LogP contribution in [0.4, 0.5) is 0 Å². The lowest BCUT2D eigenvalue weighted by molar-refractivity contribution is 0.474. The molecule has 2 rings (SSSR count). The minimum absolute atomic E-state index is 0.606. The highest BCUT2D eigenvalue weighted by Gasteiger charge is 2.25. The molecule has 0 amide bonds. The lowest BCUT2D eigenvalue weighted by Gasteiger charge is -2.27. The van der Waals surface area contributed by atoms with Gasteiger partial charge in [-0.2, -0.15) is 0 Å². The summed E-state index contributed by atoms with van der Waals surface area (Å²) in [7, 11) is 0. The molecule has 1 unspecified atom stereocenters. The Hall–Kier alpha value is 0.0100. The van der Waals surface area contributed by atoms with Crippen LogP contribution in [-0.2, 0) is 0 Å². The number of thiophene rings is 1. The number of nitrogens with one attached hydrogen (secondary N) is 1. The van der Waals surface area contributed by atoms with E-state index in [4.69, 9.17) is 0 Å². The first-order chi connectivity index (χ1) is 8.31. The first-order valence-electron chi connectivity index (χ1n) is 6.78. The molecule has 17 heavy (non-hydrogen) atoms. The zero-order chi connectivity index (χ0) is 12.1. The molecule has 2 atom stereocenters. The normalized spacial score (nSPS) is 23.6. The molecule has 1 aromatic heterocycles. The summed E-state index contributed by atoms with van der Waals surface area (Å²) >= 11 is 3.95. The van der Waals surface area contributed by atoms with Crippen LogP contribution in [-0.4, -0.2) is 11.8 Å². The third-order valence-corrected chi connectivity index (χ3v) is 5.67. The van der Waals surface area contributed by atoms with Crippen molar-refractivity contribution < 1.29 is 0 Å². The van der Waals surface area contributed by atoms with Gasteiger partial charge in [0.05, 0.1) is 4.21 Å². The van der Waals surface area contributed by atoms with Crippen molar-refractivity contribution in [2.24, 2.45) is 0 Å². The Morgan fingerprint density at radius 3 is 3.06 bits per heavy atom. The summed E-state index contributed by atoms with van der Waals surface area (Å²) in [5.41, 5.74) is 1.55. The predicted molar refractivity (Wildman–Crippen MR) is 79.1 cm³/mol. The van der Waals surface area contributed by atoms with Crippen LogP contribution in [0.15, 0.2) is 15.7 Å². The average Bonchev–Trinajstić information content (AvgIpc) is 2.76. The Bertz CT molecular complexity index is 335. The average molecular weight is 269 g/mol. The van der Waals surface area contributed by atoms with Crippen LogP contribution in [0.5, 0.6) is 0 Å². The Balaban J connectivity index is 1.81. The molecule has 1 aromatic rings. The van der Waals surface area contributed by atoms with Gasteiger partial charge in [-0.1, -0.05) is 33.1 Å². The van der Waals surface area contributed by atoms with Crippen molar-refractivity contribution in [3.8, 4) is 0 Å². The van der Waals surface area contributed by atoms with E-state index < -0.39 is 0 Å². The first kappa shape index (κ1) is 13.4. The van der Waals surface area contributed by atoms with Gasteiger partial charge >= 0.3 is 0 Å². The maximum atomic E-state index is 3.75. The van der Waals surface area contributed by atoms with Crippen molar-refractivity contribution >= 4 is 23.1 Å². The molecule has 1 aliphatic rings. The number of hydrogen-bond donors (Lipinski definition) is 1. The van der Waals surface area contributed by atoms with Crippen molar-refractivity contribution in [1.29, 1.82) is 0 Å². The van der Waals surface area contributed by atoms with Gasteiger partial charge in [0.25, 0.3) is 0 Å². The van der Waals surface area contributed by atoms with Crippen LogP contribution in [0.25, 0.3) is 0 Å². The van der Waals surface area contributed by atoms with Crippen molar-refractivity contribution in [1.82, 2.24) is 5.32 Å². The van der Waals surface area contributed by atoms with E-state index in [2.05, 4.69) is 30.6 Å². The fraction of sp³-hybridized carbons (Fsp3) is 0.714. The zero-order valence-corrected chi connectivity index (χ0v) is 12.5. The number of rotatable bonds is 6. The molecule has 1 aliphatic heterocycles. The molecular formula is C14H23NS2. The molecule has 0 saturated heterocycles. The number of hydrogen-bond acceptors (Lipinski definition) is 3. The van der Waals surface area contributed by atoms with E-state index in [1.165, 1.54) is 42.9 Å². The standard InChI is InChI=1S/C14H23NS2/c1-3-4-5-6-8-15-13-10-11(2)17-14-12(13)7-9-16-14/h7,9,11,13,15H,3-6,8,10H2,1-2H3/t11-,13?/m0/s1. The van der Waals surface area contributed by atoms with Crippen LogP contribution < -0.4 is 5.32 Å². The summed E-state index contributed by atoms with van der Waals surface area (Å²) in [6, 6.07) is 2.91. The second kappa shape index (κ2) is 6.81. The summed E-state index contributed by atoms with van der Waals surface area (Å²) in [4.78, 5) is 0. The van der Waals surface area contributed by atoms with E-state index in [1.807, 2.05) is 23.1 Å². The lowest BCUT2D eigenvalue weighted by Crippen LogP contribution is -2.27. The van der Waals surface area contributed by atoms with Crippen molar-refractivity contribution in [2.45, 2.75) is 61.5 Å². The number of thioether (sulfide) groups is 1. The van der Waals surface area contributed by atoms with E-state index in [9.17, 15) is 0 Å². The van der Waals surface area contributed by atoms with Crippen molar-refractivity contribution in [2.75, 3.05) is 6.54 Å². The fourth-order valence-electron chi connectivity index (χ4n) is 2.37. The molecule has 96 valence electrons. The second-order valence-corrected chi connectivity index (χ2v) is 7.52. The third-order valence-electron chi connectivity index (χ3n) is 3.33. The Morgan fingerprint density at radius 2 is 2.24 bits per heavy atom. The monoisotopic (exact) mass is 269 g/mol. The highest BCUT2D eigenvalue weighted by Crippen LogP contribution is 2.43. The Morgan fingerprint density at radius 1 is 1.35 bits per heavy atom. The number of fused-ring (bicyclic) bond motifs is 1. The number of unbranched alkanes of at least 4 members (excludes halogenated alkanes) is 3. The molecule has 0 radical (unpaired) electrons. The van der Waals surface area contributed by atoms with Crippen LogP contribution in [0.1, 0.15) is 57.6 Å². The third kappa shape index (κ3) is 3.73. The van der Waals surface area contributed by atoms with Gasteiger partial charge in [-0.05, 0) is 36.4 Å². The smallest absolute Gasteiger partial charge is 0.0649 e. The van der Waals surface area contributed by atoms with Gasteiger partial charge in [0.1, 0.15) is 0 Å². The SMILES string of the molecule is CCCCCCNC1C[C@H](C)Sc2sccc21. The molecule has 0 aliphatic carbocycles. The topological polar surface area (TPSA) is 12.0 Å². The van der Waals surface area contributed by atoms with Crippen LogP contribution in [0.2, 0.25) is 0 Å². The van der Waals surface area contributed by atoms with Crippen molar-refractivity contribution in [3.05, 3.63) is 17.0 Å². The zero-order valence-electron chi connectivity index (χ0n) is 10.9. The highest BCUT2D eigenvalue weighted by molar-refractivity contribution is 8.01. The molecule has 3 heteroatoms. The molecule has 1 nitrogen and oxygen atoms in total. The molecule has 0 spiro atoms. The highest BCUT2D eigenvalue weighted by atomic mass is 32.2. The van der Waals surface area contributed by atoms with Gasteiger partial charge in [0, 0.05) is 11.3 Å². The summed E-state index contributed by atoms with van der Waals surface area (Å²) in [6.07, 6.45) is 6.68. The molecular weight excluding hydrogens is 246 g/mol. The quantitative estimate of drug-likeness (QED) is 0.741. The maximum Gasteiger partial charge on any atom is 0.0649 e. The summed E-state index contributed by atoms with van der Waals surface area (Å²) in [5.74, 6) is 0. The van der Waals surface area contributed by atoms with E-state index >= 15 is 0 Å². The van der Waals surface area contributed by atoms with Gasteiger partial charge in [-0.3, -0.25) is 0 Å². The minimum atomic E-state index is 0.606. The Kier molecular flexibility index (Phi) is 5.39. The molecule has 0 bridgehead atoms. The summed E-state index contributed by atoms with van der Waals surface area (Å²) < 4.78 is 1.54. The van der Waals surface area contributed by atoms with E-state index in [-0.39, 0.29) is 0 Å². The van der Waals surface area contributed by atoms with E-state index in [1.54, 1.807) is 5.56 Å². The van der Waals surface area contributed by atoms with Crippen LogP contribution >= 0.6 is 23.1 Å². The lowest BCUT2D eigenvalue weighted by atomic mass is 10.0. The molecule has 1 N–H and O–H groups in total. The van der Waals surface area contributed by atoms with Gasteiger partial charge < -0.3 is 5.32 Å². The van der Waals surface area contributed by atoms with Gasteiger partial charge in [-0.25, -0.2) is 0 Å². The fourth-order valence-corrected chi connectivity index (χ4v) is 4.94. The maximum absolute atomic E-state index is 3.75. The molecule has 2 heterocycles. The molecule has 0 fully saturated rings. The van der Waals surface area contributed by atoms with E-state index in [0.717, 1.165) is 5.25 Å². The molecule has 0 saturated carbocycles. The largest absolute Gasteiger partial charge is 0.310 e. The Labute approximate surface area is 113 Å². The van der Waals surface area contributed by atoms with Gasteiger partial charge in [0.2, 0.25) is 0 Å². The van der Waals surface area contributed by atoms with Crippen molar-refractivity contribution in [3.63, 3.8) is 0 Å². The van der Waals surface area contributed by atoms with Gasteiger partial charge in [-0.15, -0.1) is 23.1 Å².